The van der Waals surface area contributed by atoms with Gasteiger partial charge in [0.25, 0.3) is 0 Å². The molecule has 238 valence electrons. The van der Waals surface area contributed by atoms with Gasteiger partial charge in [-0.1, -0.05) is 97.1 Å². The molecule has 10 rings (SSSR count). The molecule has 6 aromatic carbocycles. The normalized spacial score (nSPS) is 11.5. The molecule has 0 saturated heterocycles. The molecule has 0 aliphatic carbocycles. The van der Waals surface area contributed by atoms with Crippen molar-refractivity contribution in [3.8, 4) is 56.2 Å². The average molecular weight is 653 g/mol. The Kier molecular flexibility index (Phi) is 6.74. The molecule has 0 aliphatic rings. The van der Waals surface area contributed by atoms with Crippen molar-refractivity contribution < 1.29 is 4.42 Å². The van der Waals surface area contributed by atoms with Gasteiger partial charge in [-0.05, 0) is 77.4 Å². The first kappa shape index (κ1) is 29.0. The number of benzene rings is 6. The highest BCUT2D eigenvalue weighted by molar-refractivity contribution is 6.06. The van der Waals surface area contributed by atoms with Gasteiger partial charge in [0.2, 0.25) is 0 Å². The van der Waals surface area contributed by atoms with Crippen LogP contribution in [0.1, 0.15) is 0 Å². The van der Waals surface area contributed by atoms with Gasteiger partial charge in [0.05, 0.1) is 22.4 Å². The third-order valence-corrected chi connectivity index (χ3v) is 9.56. The number of para-hydroxylation sites is 2. The highest BCUT2D eigenvalue weighted by atomic mass is 16.3. The van der Waals surface area contributed by atoms with Crippen LogP contribution in [-0.2, 0) is 0 Å². The predicted molar refractivity (Wildman–Crippen MR) is 207 cm³/mol. The van der Waals surface area contributed by atoms with E-state index in [9.17, 15) is 0 Å². The van der Waals surface area contributed by atoms with Crippen molar-refractivity contribution in [2.45, 2.75) is 0 Å². The van der Waals surface area contributed by atoms with Crippen LogP contribution in [-0.4, -0.2) is 19.9 Å². The van der Waals surface area contributed by atoms with E-state index in [0.29, 0.717) is 5.82 Å². The van der Waals surface area contributed by atoms with Crippen molar-refractivity contribution in [1.82, 2.24) is 19.9 Å². The number of fused-ring (bicyclic) bond motifs is 5. The Morgan fingerprint density at radius 1 is 0.392 bits per heavy atom. The molecular weight excluding hydrogens is 625 g/mol. The van der Waals surface area contributed by atoms with E-state index < -0.39 is 0 Å². The first-order valence-corrected chi connectivity index (χ1v) is 17.0. The highest BCUT2D eigenvalue weighted by Crippen LogP contribution is 2.39. The van der Waals surface area contributed by atoms with E-state index in [-0.39, 0.29) is 0 Å². The first-order chi connectivity index (χ1) is 25.2. The molecule has 0 saturated carbocycles. The van der Waals surface area contributed by atoms with E-state index in [2.05, 4.69) is 114 Å². The van der Waals surface area contributed by atoms with Gasteiger partial charge < -0.3 is 4.42 Å². The SMILES string of the molecule is c1ccc(-c2nc(-c3cc(-c4cccc5ncccc45)cc(-c4cccc5cccnc45)c3)cc(-c3ccc4c(c3)oc3ccccc34)n2)cc1. The zero-order valence-corrected chi connectivity index (χ0v) is 27.4. The summed E-state index contributed by atoms with van der Waals surface area (Å²) in [5, 5.41) is 4.36. The van der Waals surface area contributed by atoms with Crippen LogP contribution in [0.5, 0.6) is 0 Å². The minimum atomic E-state index is 0.654. The maximum atomic E-state index is 6.29. The minimum absolute atomic E-state index is 0.654. The second-order valence-electron chi connectivity index (χ2n) is 12.7. The molecule has 0 amide bonds. The summed E-state index contributed by atoms with van der Waals surface area (Å²) in [4.78, 5) is 19.8. The Morgan fingerprint density at radius 2 is 1.08 bits per heavy atom. The lowest BCUT2D eigenvalue weighted by Gasteiger charge is -2.15. The number of hydrogen-bond acceptors (Lipinski definition) is 5. The largest absolute Gasteiger partial charge is 0.456 e. The number of hydrogen-bond donors (Lipinski definition) is 0. The average Bonchev–Trinajstić information content (AvgIpc) is 3.58. The van der Waals surface area contributed by atoms with E-state index in [1.807, 2.05) is 60.9 Å². The maximum Gasteiger partial charge on any atom is 0.160 e. The molecule has 51 heavy (non-hydrogen) atoms. The van der Waals surface area contributed by atoms with Crippen molar-refractivity contribution in [2.75, 3.05) is 0 Å². The Balaban J connectivity index is 1.23. The smallest absolute Gasteiger partial charge is 0.160 e. The molecule has 0 N–H and O–H groups in total. The summed E-state index contributed by atoms with van der Waals surface area (Å²) in [6.07, 6.45) is 3.70. The van der Waals surface area contributed by atoms with Crippen molar-refractivity contribution >= 4 is 43.7 Å². The van der Waals surface area contributed by atoms with E-state index >= 15 is 0 Å². The molecule has 0 atom stereocenters. The second kappa shape index (κ2) is 11.9. The van der Waals surface area contributed by atoms with Crippen LogP contribution < -0.4 is 0 Å². The minimum Gasteiger partial charge on any atom is -0.456 e. The van der Waals surface area contributed by atoms with Gasteiger partial charge in [0.1, 0.15) is 11.2 Å². The van der Waals surface area contributed by atoms with Crippen molar-refractivity contribution in [1.29, 1.82) is 0 Å². The summed E-state index contributed by atoms with van der Waals surface area (Å²) >= 11 is 0. The third-order valence-electron chi connectivity index (χ3n) is 9.56. The van der Waals surface area contributed by atoms with Crippen molar-refractivity contribution in [3.05, 3.63) is 170 Å². The van der Waals surface area contributed by atoms with Crippen LogP contribution in [0.25, 0.3) is 99.9 Å². The number of nitrogens with zero attached hydrogens (tertiary/aromatic N) is 4. The summed E-state index contributed by atoms with van der Waals surface area (Å²) in [7, 11) is 0. The zero-order valence-electron chi connectivity index (χ0n) is 27.4. The van der Waals surface area contributed by atoms with Crippen molar-refractivity contribution in [3.63, 3.8) is 0 Å². The summed E-state index contributed by atoms with van der Waals surface area (Å²) in [5.41, 5.74) is 12.4. The summed E-state index contributed by atoms with van der Waals surface area (Å²) in [6, 6.07) is 54.3. The van der Waals surface area contributed by atoms with Crippen LogP contribution in [0.4, 0.5) is 0 Å². The molecule has 0 radical (unpaired) electrons. The lowest BCUT2D eigenvalue weighted by molar-refractivity contribution is 0.669. The molecule has 5 heteroatoms. The summed E-state index contributed by atoms with van der Waals surface area (Å²) < 4.78 is 6.29. The first-order valence-electron chi connectivity index (χ1n) is 17.0. The monoisotopic (exact) mass is 652 g/mol. The maximum absolute atomic E-state index is 6.29. The zero-order chi connectivity index (χ0) is 33.7. The quantitative estimate of drug-likeness (QED) is 0.185. The Bertz CT molecular complexity index is 2820. The van der Waals surface area contributed by atoms with E-state index in [1.165, 1.54) is 0 Å². The van der Waals surface area contributed by atoms with Crippen LogP contribution in [0, 0.1) is 0 Å². The second-order valence-corrected chi connectivity index (χ2v) is 12.7. The predicted octanol–water partition coefficient (Wildman–Crippen LogP) is 11.8. The summed E-state index contributed by atoms with van der Waals surface area (Å²) in [6.45, 7) is 0. The van der Waals surface area contributed by atoms with Gasteiger partial charge in [-0.15, -0.1) is 0 Å². The topological polar surface area (TPSA) is 64.7 Å². The fourth-order valence-corrected chi connectivity index (χ4v) is 7.12. The molecule has 4 heterocycles. The van der Waals surface area contributed by atoms with Gasteiger partial charge in [-0.25, -0.2) is 9.97 Å². The Morgan fingerprint density at radius 3 is 2.00 bits per heavy atom. The Labute approximate surface area is 293 Å². The van der Waals surface area contributed by atoms with E-state index in [1.54, 1.807) is 0 Å². The fourth-order valence-electron chi connectivity index (χ4n) is 7.12. The summed E-state index contributed by atoms with van der Waals surface area (Å²) in [5.74, 6) is 0.654. The third kappa shape index (κ3) is 5.11. The number of rotatable bonds is 5. The molecule has 0 fully saturated rings. The molecule has 0 aliphatic heterocycles. The lowest BCUT2D eigenvalue weighted by Crippen LogP contribution is -1.97. The van der Waals surface area contributed by atoms with Crippen LogP contribution in [0.3, 0.4) is 0 Å². The van der Waals surface area contributed by atoms with E-state index in [0.717, 1.165) is 94.1 Å². The molecule has 4 aromatic heterocycles. The number of pyridine rings is 2. The molecule has 5 nitrogen and oxygen atoms in total. The highest BCUT2D eigenvalue weighted by Gasteiger charge is 2.17. The van der Waals surface area contributed by atoms with Crippen LogP contribution in [0.15, 0.2) is 175 Å². The van der Waals surface area contributed by atoms with Crippen LogP contribution >= 0.6 is 0 Å². The van der Waals surface area contributed by atoms with E-state index in [4.69, 9.17) is 19.4 Å². The number of aromatic nitrogens is 4. The fraction of sp³-hybridized carbons (Fsp3) is 0. The molecule has 0 unspecified atom stereocenters. The van der Waals surface area contributed by atoms with Gasteiger partial charge in [-0.2, -0.15) is 0 Å². The van der Waals surface area contributed by atoms with Gasteiger partial charge in [0, 0.05) is 56.2 Å². The Hall–Kier alpha value is -6.98. The van der Waals surface area contributed by atoms with Gasteiger partial charge in [-0.3, -0.25) is 9.97 Å². The lowest BCUT2D eigenvalue weighted by atomic mass is 9.92. The molecule has 0 spiro atoms. The molecular formula is C46H28N4O. The van der Waals surface area contributed by atoms with Gasteiger partial charge >= 0.3 is 0 Å². The van der Waals surface area contributed by atoms with Crippen molar-refractivity contribution in [2.24, 2.45) is 0 Å². The standard InChI is InChI=1S/C46H28N4O/c1-2-10-30(11-3-1)46-49-41(31-20-21-39-38-14-4-5-19-43(38)51-44(39)27-31)28-42(50-46)34-25-32(35-15-7-18-40-37(35)17-9-22-47-40)24-33(26-34)36-16-6-12-29-13-8-23-48-45(29)36/h1-28H. The van der Waals surface area contributed by atoms with Gasteiger partial charge in [0.15, 0.2) is 5.82 Å². The van der Waals surface area contributed by atoms with Crippen LogP contribution in [0.2, 0.25) is 0 Å². The molecule has 0 bridgehead atoms. The molecule has 10 aromatic rings. The number of furan rings is 1.